The number of carboxylic acids is 1. The monoisotopic (exact) mass is 292 g/mol. The van der Waals surface area contributed by atoms with Gasteiger partial charge in [0, 0.05) is 0 Å². The number of aryl methyl sites for hydroxylation is 1. The number of aromatic carboxylic acids is 1. The van der Waals surface area contributed by atoms with Gasteiger partial charge >= 0.3 is 5.97 Å². The molecule has 0 aliphatic carbocycles. The molecule has 3 N–H and O–H groups in total. The summed E-state index contributed by atoms with van der Waals surface area (Å²) in [7, 11) is 0. The fourth-order valence-corrected chi connectivity index (χ4v) is 2.40. The number of carboxylic acid groups (broad SMARTS) is 1. The molecule has 2 rings (SSSR count). The van der Waals surface area contributed by atoms with E-state index in [0.717, 1.165) is 25.9 Å². The summed E-state index contributed by atoms with van der Waals surface area (Å²) < 4.78 is 5.55. The molecule has 1 aromatic rings. The van der Waals surface area contributed by atoms with Crippen LogP contribution >= 0.6 is 0 Å². The van der Waals surface area contributed by atoms with Gasteiger partial charge in [-0.2, -0.15) is 0 Å². The number of hydrogen-bond donors (Lipinski definition) is 3. The maximum atomic E-state index is 11.9. The van der Waals surface area contributed by atoms with Gasteiger partial charge in [-0.05, 0) is 44.5 Å². The molecule has 0 radical (unpaired) electrons. The smallest absolute Gasteiger partial charge is 0.338 e. The Morgan fingerprint density at radius 2 is 2.10 bits per heavy atom. The second kappa shape index (κ2) is 7.19. The average molecular weight is 292 g/mol. The van der Waals surface area contributed by atoms with E-state index >= 15 is 0 Å². The van der Waals surface area contributed by atoms with Gasteiger partial charge in [0.15, 0.2) is 0 Å². The third kappa shape index (κ3) is 4.27. The zero-order valence-electron chi connectivity index (χ0n) is 12.0. The largest absolute Gasteiger partial charge is 0.478 e. The summed E-state index contributed by atoms with van der Waals surface area (Å²) >= 11 is 0. The third-order valence-electron chi connectivity index (χ3n) is 3.50. The first-order valence-electron chi connectivity index (χ1n) is 7.03. The maximum Gasteiger partial charge on any atom is 0.338 e. The quantitative estimate of drug-likeness (QED) is 0.763. The second-order valence-electron chi connectivity index (χ2n) is 5.11. The first kappa shape index (κ1) is 15.5. The highest BCUT2D eigenvalue weighted by Gasteiger charge is 2.17. The summed E-state index contributed by atoms with van der Waals surface area (Å²) in [5.41, 5.74) is 1.04. The molecule has 1 aromatic carbocycles. The van der Waals surface area contributed by atoms with Gasteiger partial charge in [0.25, 0.3) is 0 Å². The van der Waals surface area contributed by atoms with Gasteiger partial charge in [-0.15, -0.1) is 0 Å². The van der Waals surface area contributed by atoms with Gasteiger partial charge in [-0.1, -0.05) is 12.1 Å². The van der Waals surface area contributed by atoms with E-state index in [9.17, 15) is 14.7 Å². The van der Waals surface area contributed by atoms with Crippen molar-refractivity contribution in [3.63, 3.8) is 0 Å². The average Bonchev–Trinajstić information content (AvgIpc) is 2.46. The highest BCUT2D eigenvalue weighted by Crippen LogP contribution is 2.19. The Bertz CT molecular complexity index is 524. The lowest BCUT2D eigenvalue weighted by Crippen LogP contribution is -2.34. The van der Waals surface area contributed by atoms with Crippen molar-refractivity contribution in [1.29, 1.82) is 0 Å². The third-order valence-corrected chi connectivity index (χ3v) is 3.50. The Hall–Kier alpha value is -1.92. The van der Waals surface area contributed by atoms with Crippen LogP contribution in [-0.4, -0.2) is 42.8 Å². The van der Waals surface area contributed by atoms with E-state index in [0.29, 0.717) is 11.3 Å². The normalized spacial score (nSPS) is 15.7. The Kier molecular flexibility index (Phi) is 5.30. The van der Waals surface area contributed by atoms with Gasteiger partial charge < -0.3 is 20.5 Å². The number of benzene rings is 1. The Balaban J connectivity index is 1.93. The lowest BCUT2D eigenvalue weighted by Gasteiger charge is -2.22. The molecule has 21 heavy (non-hydrogen) atoms. The molecule has 0 bridgehead atoms. The Labute approximate surface area is 123 Å². The van der Waals surface area contributed by atoms with Crippen molar-refractivity contribution in [2.75, 3.05) is 25.0 Å². The number of ether oxygens (including phenoxy) is 1. The molecule has 0 saturated carbocycles. The molecule has 1 amide bonds. The molecule has 1 fully saturated rings. The van der Waals surface area contributed by atoms with Crippen molar-refractivity contribution in [2.24, 2.45) is 0 Å². The summed E-state index contributed by atoms with van der Waals surface area (Å²) in [6.45, 7) is 3.43. The fourth-order valence-electron chi connectivity index (χ4n) is 2.40. The molecule has 0 aromatic heterocycles. The standard InChI is InChI=1S/C15H20N2O4/c1-10-3-2-4-12(14(10)15(19)20)17-13(18)9-21-11-5-7-16-8-6-11/h2-4,11,16H,5-9H2,1H3,(H,17,18)(H,19,20). The van der Waals surface area contributed by atoms with Gasteiger partial charge in [0.1, 0.15) is 6.61 Å². The van der Waals surface area contributed by atoms with E-state index in [1.54, 1.807) is 25.1 Å². The van der Waals surface area contributed by atoms with E-state index in [1.807, 2.05) is 0 Å². The highest BCUT2D eigenvalue weighted by atomic mass is 16.5. The Morgan fingerprint density at radius 3 is 2.76 bits per heavy atom. The van der Waals surface area contributed by atoms with E-state index in [1.165, 1.54) is 0 Å². The minimum atomic E-state index is -1.05. The second-order valence-corrected chi connectivity index (χ2v) is 5.11. The zero-order chi connectivity index (χ0) is 15.2. The van der Waals surface area contributed by atoms with E-state index in [-0.39, 0.29) is 24.2 Å². The minimum absolute atomic E-state index is 0.0579. The number of hydrogen-bond acceptors (Lipinski definition) is 4. The molecule has 0 unspecified atom stereocenters. The number of carbonyl (C=O) groups excluding carboxylic acids is 1. The minimum Gasteiger partial charge on any atom is -0.478 e. The van der Waals surface area contributed by atoms with Crippen LogP contribution in [0.1, 0.15) is 28.8 Å². The zero-order valence-corrected chi connectivity index (χ0v) is 12.0. The number of rotatable bonds is 5. The van der Waals surface area contributed by atoms with Crippen molar-refractivity contribution in [1.82, 2.24) is 5.32 Å². The van der Waals surface area contributed by atoms with Crippen LogP contribution in [-0.2, 0) is 9.53 Å². The van der Waals surface area contributed by atoms with Gasteiger partial charge in [-0.25, -0.2) is 4.79 Å². The van der Waals surface area contributed by atoms with Gasteiger partial charge in [-0.3, -0.25) is 4.79 Å². The maximum absolute atomic E-state index is 11.9. The summed E-state index contributed by atoms with van der Waals surface area (Å²) in [6.07, 6.45) is 1.87. The first-order valence-corrected chi connectivity index (χ1v) is 7.03. The topological polar surface area (TPSA) is 87.7 Å². The molecule has 1 aliphatic heterocycles. The van der Waals surface area contributed by atoms with Crippen LogP contribution < -0.4 is 10.6 Å². The van der Waals surface area contributed by atoms with E-state index in [4.69, 9.17) is 4.74 Å². The summed E-state index contributed by atoms with van der Waals surface area (Å²) in [5.74, 6) is -1.38. The number of carbonyl (C=O) groups is 2. The lowest BCUT2D eigenvalue weighted by atomic mass is 10.1. The van der Waals surface area contributed by atoms with Gasteiger partial charge in [0.2, 0.25) is 5.91 Å². The van der Waals surface area contributed by atoms with Crippen LogP contribution in [0.3, 0.4) is 0 Å². The number of amides is 1. The SMILES string of the molecule is Cc1cccc(NC(=O)COC2CCNCC2)c1C(=O)O. The van der Waals surface area contributed by atoms with Crippen molar-refractivity contribution in [2.45, 2.75) is 25.9 Å². The Morgan fingerprint density at radius 1 is 1.38 bits per heavy atom. The van der Waals surface area contributed by atoms with Crippen molar-refractivity contribution in [3.05, 3.63) is 29.3 Å². The molecule has 1 aliphatic rings. The first-order chi connectivity index (χ1) is 10.1. The summed E-state index contributed by atoms with van der Waals surface area (Å²) in [6, 6.07) is 4.99. The molecule has 1 saturated heterocycles. The van der Waals surface area contributed by atoms with Crippen LogP contribution in [0.15, 0.2) is 18.2 Å². The predicted octanol–water partition coefficient (Wildman–Crippen LogP) is 1.40. The molecule has 6 heteroatoms. The van der Waals surface area contributed by atoms with Crippen molar-refractivity contribution < 1.29 is 19.4 Å². The van der Waals surface area contributed by atoms with Crippen molar-refractivity contribution >= 4 is 17.6 Å². The highest BCUT2D eigenvalue weighted by molar-refractivity contribution is 6.01. The van der Waals surface area contributed by atoms with Crippen molar-refractivity contribution in [3.8, 4) is 0 Å². The lowest BCUT2D eigenvalue weighted by molar-refractivity contribution is -0.123. The van der Waals surface area contributed by atoms with E-state index < -0.39 is 5.97 Å². The summed E-state index contributed by atoms with van der Waals surface area (Å²) in [4.78, 5) is 23.1. The van der Waals surface area contributed by atoms with Crippen LogP contribution in [0.2, 0.25) is 0 Å². The predicted molar refractivity (Wildman–Crippen MR) is 78.6 cm³/mol. The van der Waals surface area contributed by atoms with Crippen LogP contribution in [0.25, 0.3) is 0 Å². The summed E-state index contributed by atoms with van der Waals surface area (Å²) in [5, 5.41) is 15.0. The fraction of sp³-hybridized carbons (Fsp3) is 0.467. The number of nitrogens with one attached hydrogen (secondary N) is 2. The van der Waals surface area contributed by atoms with Crippen LogP contribution in [0, 0.1) is 6.92 Å². The van der Waals surface area contributed by atoms with Crippen LogP contribution in [0.5, 0.6) is 0 Å². The molecule has 0 spiro atoms. The van der Waals surface area contributed by atoms with Crippen LogP contribution in [0.4, 0.5) is 5.69 Å². The molecule has 6 nitrogen and oxygen atoms in total. The number of piperidine rings is 1. The number of anilines is 1. The molecule has 0 atom stereocenters. The molecular formula is C15H20N2O4. The van der Waals surface area contributed by atoms with E-state index in [2.05, 4.69) is 10.6 Å². The molecule has 1 heterocycles. The molecule has 114 valence electrons. The molecular weight excluding hydrogens is 272 g/mol. The van der Waals surface area contributed by atoms with Gasteiger partial charge in [0.05, 0.1) is 17.4 Å².